The van der Waals surface area contributed by atoms with Crippen molar-refractivity contribution >= 4 is 31.7 Å². The predicted molar refractivity (Wildman–Crippen MR) is 55.9 cm³/mol. The molecule has 1 N–H and O–H groups in total. The molecule has 1 aliphatic heterocycles. The van der Waals surface area contributed by atoms with Gasteiger partial charge in [-0.05, 0) is 11.8 Å². The molecule has 0 radical (unpaired) electrons. The lowest BCUT2D eigenvalue weighted by atomic mass is 10.6. The second kappa shape index (κ2) is 6.82. The maximum absolute atomic E-state index is 9.79. The quantitative estimate of drug-likeness (QED) is 0.580. The molecule has 0 amide bonds. The maximum atomic E-state index is 9.79. The zero-order chi connectivity index (χ0) is 9.45. The molecule has 0 saturated carbocycles. The molecule has 6 heteroatoms. The number of hydrogen-bond acceptors (Lipinski definition) is 4. The lowest BCUT2D eigenvalue weighted by molar-refractivity contribution is 0.482. The molecule has 0 bridgehead atoms. The minimum absolute atomic E-state index is 0.132. The second-order valence-corrected chi connectivity index (χ2v) is 5.93. The van der Waals surface area contributed by atoms with Crippen LogP contribution in [0.3, 0.4) is 0 Å². The summed E-state index contributed by atoms with van der Waals surface area (Å²) in [4.78, 5) is 0. The second-order valence-electron chi connectivity index (χ2n) is 2.04. The SMILES string of the molecule is C1=CSSC1.CCCS(=O)(=O)O. The summed E-state index contributed by atoms with van der Waals surface area (Å²) in [6.07, 6.45) is 2.63. The molecule has 0 aromatic rings. The topological polar surface area (TPSA) is 54.4 Å². The highest BCUT2D eigenvalue weighted by molar-refractivity contribution is 8.78. The number of hydrogen-bond donors (Lipinski definition) is 1. The lowest BCUT2D eigenvalue weighted by Gasteiger charge is -1.85. The van der Waals surface area contributed by atoms with Gasteiger partial charge in [0.15, 0.2) is 0 Å². The van der Waals surface area contributed by atoms with Gasteiger partial charge in [0.05, 0.1) is 5.75 Å². The van der Waals surface area contributed by atoms with Crippen molar-refractivity contribution in [3.8, 4) is 0 Å². The van der Waals surface area contributed by atoms with Crippen LogP contribution in [0, 0.1) is 0 Å². The molecule has 0 aliphatic carbocycles. The lowest BCUT2D eigenvalue weighted by Crippen LogP contribution is -2.01. The molecule has 0 fully saturated rings. The van der Waals surface area contributed by atoms with E-state index < -0.39 is 10.1 Å². The molecule has 12 heavy (non-hydrogen) atoms. The van der Waals surface area contributed by atoms with Crippen molar-refractivity contribution in [3.05, 3.63) is 11.5 Å². The van der Waals surface area contributed by atoms with Crippen LogP contribution in [0.2, 0.25) is 0 Å². The van der Waals surface area contributed by atoms with Crippen molar-refractivity contribution in [2.45, 2.75) is 13.3 Å². The molecule has 1 aliphatic rings. The van der Waals surface area contributed by atoms with Crippen LogP contribution in [0.5, 0.6) is 0 Å². The van der Waals surface area contributed by atoms with Crippen LogP contribution >= 0.6 is 21.6 Å². The van der Waals surface area contributed by atoms with Crippen LogP contribution in [0.4, 0.5) is 0 Å². The normalized spacial score (nSPS) is 15.5. The van der Waals surface area contributed by atoms with Gasteiger partial charge in [-0.3, -0.25) is 4.55 Å². The highest BCUT2D eigenvalue weighted by Crippen LogP contribution is 2.27. The Balaban J connectivity index is 0.000000211. The number of rotatable bonds is 2. The van der Waals surface area contributed by atoms with Gasteiger partial charge >= 0.3 is 0 Å². The Morgan fingerprint density at radius 3 is 2.33 bits per heavy atom. The zero-order valence-electron chi connectivity index (χ0n) is 6.76. The summed E-state index contributed by atoms with van der Waals surface area (Å²) < 4.78 is 27.6. The predicted octanol–water partition coefficient (Wildman–Crippen LogP) is 2.18. The van der Waals surface area contributed by atoms with E-state index in [1.165, 1.54) is 5.75 Å². The fourth-order valence-corrected chi connectivity index (χ4v) is 2.54. The van der Waals surface area contributed by atoms with Crippen LogP contribution < -0.4 is 0 Å². The Bertz CT molecular complexity index is 214. The molecule has 0 aromatic carbocycles. The van der Waals surface area contributed by atoms with E-state index in [2.05, 4.69) is 11.5 Å². The van der Waals surface area contributed by atoms with Gasteiger partial charge in [0.25, 0.3) is 10.1 Å². The van der Waals surface area contributed by atoms with Crippen molar-refractivity contribution < 1.29 is 13.0 Å². The van der Waals surface area contributed by atoms with E-state index >= 15 is 0 Å². The first-order valence-electron chi connectivity index (χ1n) is 3.44. The standard InChI is InChI=1S/C3H8O3S.C3H4S2/c1-2-3-7(4,5)6;1-2-4-5-3-1/h2-3H2,1H3,(H,4,5,6);1-2H,3H2. The molecule has 0 saturated heterocycles. The summed E-state index contributed by atoms with van der Waals surface area (Å²) in [5.74, 6) is 1.07. The van der Waals surface area contributed by atoms with Crippen LogP contribution in [0.1, 0.15) is 13.3 Å². The summed E-state index contributed by atoms with van der Waals surface area (Å²) in [7, 11) is 0.0156. The molecular weight excluding hydrogens is 216 g/mol. The fourth-order valence-electron chi connectivity index (χ4n) is 0.454. The van der Waals surface area contributed by atoms with Gasteiger partial charge in [0.1, 0.15) is 0 Å². The van der Waals surface area contributed by atoms with E-state index in [9.17, 15) is 8.42 Å². The average Bonchev–Trinajstić information content (AvgIpc) is 2.38. The molecule has 1 rings (SSSR count). The summed E-state index contributed by atoms with van der Waals surface area (Å²) in [6.45, 7) is 1.69. The Labute approximate surface area is 81.1 Å². The van der Waals surface area contributed by atoms with Gasteiger partial charge in [-0.15, -0.1) is 0 Å². The highest BCUT2D eigenvalue weighted by atomic mass is 33.1. The van der Waals surface area contributed by atoms with Crippen LogP contribution in [-0.4, -0.2) is 24.5 Å². The minimum atomic E-state index is -3.67. The highest BCUT2D eigenvalue weighted by Gasteiger charge is 1.98. The van der Waals surface area contributed by atoms with Crippen molar-refractivity contribution in [2.24, 2.45) is 0 Å². The molecule has 0 aromatic heterocycles. The summed E-state index contributed by atoms with van der Waals surface area (Å²) >= 11 is 0. The van der Waals surface area contributed by atoms with E-state index in [1.807, 2.05) is 21.6 Å². The largest absolute Gasteiger partial charge is 0.286 e. The first kappa shape index (κ1) is 12.3. The minimum Gasteiger partial charge on any atom is -0.286 e. The Hall–Kier alpha value is 0.350. The van der Waals surface area contributed by atoms with Gasteiger partial charge < -0.3 is 0 Å². The molecule has 1 heterocycles. The molecule has 0 atom stereocenters. The molecule has 72 valence electrons. The van der Waals surface area contributed by atoms with E-state index in [4.69, 9.17) is 4.55 Å². The van der Waals surface area contributed by atoms with E-state index in [1.54, 1.807) is 6.92 Å². The van der Waals surface area contributed by atoms with Crippen molar-refractivity contribution in [1.82, 2.24) is 0 Å². The first-order chi connectivity index (χ1) is 5.56. The summed E-state index contributed by atoms with van der Waals surface area (Å²) in [5.41, 5.74) is 0. The van der Waals surface area contributed by atoms with Crippen molar-refractivity contribution in [3.63, 3.8) is 0 Å². The third kappa shape index (κ3) is 10.3. The third-order valence-electron chi connectivity index (χ3n) is 0.846. The van der Waals surface area contributed by atoms with Gasteiger partial charge in [-0.25, -0.2) is 0 Å². The molecule has 0 spiro atoms. The van der Waals surface area contributed by atoms with Crippen LogP contribution in [0.15, 0.2) is 11.5 Å². The summed E-state index contributed by atoms with van der Waals surface area (Å²) in [5, 5.41) is 2.12. The van der Waals surface area contributed by atoms with Gasteiger partial charge in [-0.1, -0.05) is 34.6 Å². The van der Waals surface area contributed by atoms with E-state index in [0.717, 1.165) is 0 Å². The third-order valence-corrected chi connectivity index (χ3v) is 3.69. The average molecular weight is 228 g/mol. The van der Waals surface area contributed by atoms with E-state index in [-0.39, 0.29) is 5.75 Å². The van der Waals surface area contributed by atoms with Crippen LogP contribution in [-0.2, 0) is 10.1 Å². The Morgan fingerprint density at radius 1 is 1.58 bits per heavy atom. The molecule has 0 unspecified atom stereocenters. The molecular formula is C6H12O3S3. The molecule has 3 nitrogen and oxygen atoms in total. The zero-order valence-corrected chi connectivity index (χ0v) is 9.21. The fraction of sp³-hybridized carbons (Fsp3) is 0.667. The first-order valence-corrected chi connectivity index (χ1v) is 7.44. The van der Waals surface area contributed by atoms with Crippen molar-refractivity contribution in [1.29, 1.82) is 0 Å². The maximum Gasteiger partial charge on any atom is 0.264 e. The van der Waals surface area contributed by atoms with Crippen molar-refractivity contribution in [2.75, 3.05) is 11.5 Å². The van der Waals surface area contributed by atoms with Gasteiger partial charge in [0.2, 0.25) is 0 Å². The Kier molecular flexibility index (Phi) is 7.02. The van der Waals surface area contributed by atoms with Crippen LogP contribution in [0.25, 0.3) is 0 Å². The summed E-state index contributed by atoms with van der Waals surface area (Å²) in [6, 6.07) is 0. The van der Waals surface area contributed by atoms with E-state index in [0.29, 0.717) is 6.42 Å². The monoisotopic (exact) mass is 228 g/mol. The van der Waals surface area contributed by atoms with Gasteiger partial charge in [-0.2, -0.15) is 8.42 Å². The Morgan fingerprint density at radius 2 is 2.25 bits per heavy atom. The smallest absolute Gasteiger partial charge is 0.264 e. The van der Waals surface area contributed by atoms with Gasteiger partial charge in [0, 0.05) is 5.75 Å².